The van der Waals surface area contributed by atoms with Gasteiger partial charge in [0.15, 0.2) is 0 Å². The lowest BCUT2D eigenvalue weighted by Crippen LogP contribution is -2.43. The standard InChI is InChI=1S/C16H25N3O4/c1-11(2)23-8-7-22-10-13-5-4-6-14(9-13)18-12(3)15(20)19-16(17)21/h4-6,9,11-12,18H,7-8,10H2,1-3H3,(H3,17,19,20,21)/t12-/m0/s1. The average molecular weight is 323 g/mol. The highest BCUT2D eigenvalue weighted by Crippen LogP contribution is 2.13. The molecule has 0 radical (unpaired) electrons. The number of nitrogens with two attached hydrogens (primary N) is 1. The largest absolute Gasteiger partial charge is 0.376 e. The SMILES string of the molecule is CC(C)OCCOCc1cccc(N[C@@H](C)C(=O)NC(N)=O)c1. The van der Waals surface area contributed by atoms with Crippen LogP contribution in [0.1, 0.15) is 26.3 Å². The molecule has 0 bridgehead atoms. The van der Waals surface area contributed by atoms with E-state index in [1.54, 1.807) is 6.92 Å². The summed E-state index contributed by atoms with van der Waals surface area (Å²) in [5.74, 6) is -0.481. The number of amides is 3. The molecule has 0 aromatic heterocycles. The third kappa shape index (κ3) is 8.18. The second-order valence-electron chi connectivity index (χ2n) is 5.39. The van der Waals surface area contributed by atoms with Gasteiger partial charge in [-0.15, -0.1) is 0 Å². The molecule has 0 fully saturated rings. The van der Waals surface area contributed by atoms with E-state index in [-0.39, 0.29) is 6.10 Å². The molecule has 1 aromatic carbocycles. The molecule has 1 aromatic rings. The van der Waals surface area contributed by atoms with Gasteiger partial charge in [0.05, 0.1) is 25.9 Å². The molecule has 0 unspecified atom stereocenters. The highest BCUT2D eigenvalue weighted by Gasteiger charge is 2.14. The lowest BCUT2D eigenvalue weighted by atomic mass is 10.2. The number of ether oxygens (including phenoxy) is 2. The maximum Gasteiger partial charge on any atom is 0.318 e. The van der Waals surface area contributed by atoms with E-state index in [0.717, 1.165) is 11.3 Å². The van der Waals surface area contributed by atoms with E-state index < -0.39 is 18.0 Å². The van der Waals surface area contributed by atoms with Crippen molar-refractivity contribution in [3.63, 3.8) is 0 Å². The van der Waals surface area contributed by atoms with Gasteiger partial charge in [-0.25, -0.2) is 4.79 Å². The Morgan fingerprint density at radius 1 is 1.22 bits per heavy atom. The second-order valence-corrected chi connectivity index (χ2v) is 5.39. The Hall–Kier alpha value is -2.12. The Morgan fingerprint density at radius 2 is 1.96 bits per heavy atom. The molecule has 0 saturated heterocycles. The molecule has 3 amide bonds. The van der Waals surface area contributed by atoms with Crippen LogP contribution in [0, 0.1) is 0 Å². The van der Waals surface area contributed by atoms with Gasteiger partial charge in [-0.3, -0.25) is 10.1 Å². The Balaban J connectivity index is 2.43. The lowest BCUT2D eigenvalue weighted by molar-refractivity contribution is -0.120. The number of benzene rings is 1. The Labute approximate surface area is 136 Å². The summed E-state index contributed by atoms with van der Waals surface area (Å²) in [6, 6.07) is 6.07. The van der Waals surface area contributed by atoms with E-state index >= 15 is 0 Å². The first-order valence-electron chi connectivity index (χ1n) is 7.53. The molecular formula is C16H25N3O4. The van der Waals surface area contributed by atoms with Crippen LogP contribution in [0.5, 0.6) is 0 Å². The third-order valence-corrected chi connectivity index (χ3v) is 2.90. The fourth-order valence-corrected chi connectivity index (χ4v) is 1.83. The van der Waals surface area contributed by atoms with Gasteiger partial charge in [0.2, 0.25) is 5.91 Å². The monoisotopic (exact) mass is 323 g/mol. The predicted octanol–water partition coefficient (Wildman–Crippen LogP) is 1.62. The number of primary amides is 1. The number of nitrogens with one attached hydrogen (secondary N) is 2. The number of urea groups is 1. The van der Waals surface area contributed by atoms with E-state index in [1.165, 1.54) is 0 Å². The number of anilines is 1. The highest BCUT2D eigenvalue weighted by atomic mass is 16.5. The summed E-state index contributed by atoms with van der Waals surface area (Å²) < 4.78 is 10.9. The van der Waals surface area contributed by atoms with Crippen molar-refractivity contribution >= 4 is 17.6 Å². The molecule has 4 N–H and O–H groups in total. The number of hydrogen-bond acceptors (Lipinski definition) is 5. The van der Waals surface area contributed by atoms with Crippen LogP contribution in [0.3, 0.4) is 0 Å². The zero-order chi connectivity index (χ0) is 17.2. The van der Waals surface area contributed by atoms with Gasteiger partial charge in [-0.2, -0.15) is 0 Å². The van der Waals surface area contributed by atoms with Gasteiger partial charge in [0, 0.05) is 5.69 Å². The Kier molecular flexibility index (Phi) is 8.07. The number of imide groups is 1. The lowest BCUT2D eigenvalue weighted by Gasteiger charge is -2.15. The molecular weight excluding hydrogens is 298 g/mol. The summed E-state index contributed by atoms with van der Waals surface area (Å²) in [5.41, 5.74) is 6.66. The van der Waals surface area contributed by atoms with Crippen LogP contribution in [-0.2, 0) is 20.9 Å². The molecule has 7 nitrogen and oxygen atoms in total. The summed E-state index contributed by atoms with van der Waals surface area (Å²) in [4.78, 5) is 22.3. The maximum atomic E-state index is 11.6. The first-order chi connectivity index (χ1) is 10.9. The molecule has 0 aliphatic heterocycles. The number of carbonyl (C=O) groups is 2. The first-order valence-corrected chi connectivity index (χ1v) is 7.53. The molecule has 0 aliphatic rings. The zero-order valence-corrected chi connectivity index (χ0v) is 13.8. The van der Waals surface area contributed by atoms with Crippen LogP contribution in [0.2, 0.25) is 0 Å². The van der Waals surface area contributed by atoms with E-state index in [9.17, 15) is 9.59 Å². The van der Waals surface area contributed by atoms with Crippen LogP contribution < -0.4 is 16.4 Å². The van der Waals surface area contributed by atoms with Gasteiger partial charge in [0.1, 0.15) is 6.04 Å². The molecule has 0 heterocycles. The number of rotatable bonds is 9. The van der Waals surface area contributed by atoms with Crippen molar-refractivity contribution < 1.29 is 19.1 Å². The maximum absolute atomic E-state index is 11.6. The Bertz CT molecular complexity index is 520. The third-order valence-electron chi connectivity index (χ3n) is 2.90. The van der Waals surface area contributed by atoms with Gasteiger partial charge >= 0.3 is 6.03 Å². The fraction of sp³-hybridized carbons (Fsp3) is 0.500. The first kappa shape index (κ1) is 18.9. The van der Waals surface area contributed by atoms with Crippen molar-refractivity contribution in [2.45, 2.75) is 39.5 Å². The molecule has 23 heavy (non-hydrogen) atoms. The molecule has 1 atom stereocenters. The minimum absolute atomic E-state index is 0.194. The molecule has 128 valence electrons. The van der Waals surface area contributed by atoms with Gasteiger partial charge < -0.3 is 20.5 Å². The second kappa shape index (κ2) is 9.81. The Morgan fingerprint density at radius 3 is 2.61 bits per heavy atom. The van der Waals surface area contributed by atoms with Gasteiger partial charge in [-0.1, -0.05) is 12.1 Å². The summed E-state index contributed by atoms with van der Waals surface area (Å²) in [5, 5.41) is 5.04. The normalized spacial score (nSPS) is 12.0. The molecule has 0 aliphatic carbocycles. The summed E-state index contributed by atoms with van der Waals surface area (Å²) in [6.45, 7) is 7.13. The van der Waals surface area contributed by atoms with Crippen molar-refractivity contribution in [1.29, 1.82) is 0 Å². The highest BCUT2D eigenvalue weighted by molar-refractivity contribution is 5.97. The van der Waals surface area contributed by atoms with Crippen molar-refractivity contribution in [3.05, 3.63) is 29.8 Å². The van der Waals surface area contributed by atoms with E-state index in [1.807, 2.05) is 43.4 Å². The van der Waals surface area contributed by atoms with E-state index in [2.05, 4.69) is 5.32 Å². The molecule has 0 spiro atoms. The summed E-state index contributed by atoms with van der Waals surface area (Å²) in [7, 11) is 0. The van der Waals surface area contributed by atoms with Crippen LogP contribution in [0.15, 0.2) is 24.3 Å². The smallest absolute Gasteiger partial charge is 0.318 e. The van der Waals surface area contributed by atoms with Crippen molar-refractivity contribution in [3.8, 4) is 0 Å². The van der Waals surface area contributed by atoms with Gasteiger partial charge in [-0.05, 0) is 38.5 Å². The predicted molar refractivity (Wildman–Crippen MR) is 88.0 cm³/mol. The molecule has 1 rings (SSSR count). The van der Waals surface area contributed by atoms with E-state index in [4.69, 9.17) is 15.2 Å². The number of carbonyl (C=O) groups excluding carboxylic acids is 2. The minimum Gasteiger partial charge on any atom is -0.376 e. The van der Waals surface area contributed by atoms with Crippen LogP contribution in [0.4, 0.5) is 10.5 Å². The fourth-order valence-electron chi connectivity index (χ4n) is 1.83. The summed E-state index contributed by atoms with van der Waals surface area (Å²) >= 11 is 0. The van der Waals surface area contributed by atoms with E-state index in [0.29, 0.717) is 19.8 Å². The van der Waals surface area contributed by atoms with Crippen LogP contribution >= 0.6 is 0 Å². The quantitative estimate of drug-likeness (QED) is 0.599. The zero-order valence-electron chi connectivity index (χ0n) is 13.8. The summed E-state index contributed by atoms with van der Waals surface area (Å²) in [6.07, 6.45) is 0.194. The molecule has 7 heteroatoms. The van der Waals surface area contributed by atoms with Crippen molar-refractivity contribution in [2.24, 2.45) is 5.73 Å². The number of hydrogen-bond donors (Lipinski definition) is 3. The topological polar surface area (TPSA) is 103 Å². The van der Waals surface area contributed by atoms with Crippen LogP contribution in [-0.4, -0.2) is 37.3 Å². The average Bonchev–Trinajstić information content (AvgIpc) is 2.46. The van der Waals surface area contributed by atoms with Gasteiger partial charge in [0.25, 0.3) is 0 Å². The molecule has 0 saturated carbocycles. The van der Waals surface area contributed by atoms with Crippen molar-refractivity contribution in [1.82, 2.24) is 5.32 Å². The minimum atomic E-state index is -0.866. The van der Waals surface area contributed by atoms with Crippen LogP contribution in [0.25, 0.3) is 0 Å². The van der Waals surface area contributed by atoms with Crippen molar-refractivity contribution in [2.75, 3.05) is 18.5 Å².